The summed E-state index contributed by atoms with van der Waals surface area (Å²) in [6.45, 7) is 5.58. The minimum absolute atomic E-state index is 0.157. The van der Waals surface area contributed by atoms with Crippen molar-refractivity contribution in [1.29, 1.82) is 0 Å². The van der Waals surface area contributed by atoms with Crippen LogP contribution >= 0.6 is 0 Å². The van der Waals surface area contributed by atoms with Gasteiger partial charge in [-0.3, -0.25) is 9.48 Å². The van der Waals surface area contributed by atoms with Crippen LogP contribution in [-0.4, -0.2) is 51.4 Å². The molecule has 0 saturated carbocycles. The van der Waals surface area contributed by atoms with Crippen LogP contribution in [0.3, 0.4) is 0 Å². The molecule has 2 amide bonds. The van der Waals surface area contributed by atoms with Crippen molar-refractivity contribution in [2.75, 3.05) is 19.6 Å². The van der Waals surface area contributed by atoms with E-state index in [1.807, 2.05) is 25.6 Å². The van der Waals surface area contributed by atoms with Gasteiger partial charge in [-0.05, 0) is 45.1 Å². The number of carboxylic acids is 1. The lowest BCUT2D eigenvalue weighted by Gasteiger charge is -2.30. The van der Waals surface area contributed by atoms with Crippen LogP contribution in [0, 0.1) is 19.8 Å². The van der Waals surface area contributed by atoms with Crippen molar-refractivity contribution in [3.63, 3.8) is 0 Å². The number of carbonyl (C=O) groups excluding carboxylic acids is 1. The standard InChI is InChI=1S/C16H26N4O3/c1-11-14(12(2)19(3)18-11)7-4-8-17-16(23)20-9-5-6-13(10-20)15(21)22/h13H,4-10H2,1-3H3,(H,17,23)(H,21,22). The van der Waals surface area contributed by atoms with E-state index < -0.39 is 11.9 Å². The first-order chi connectivity index (χ1) is 10.9. The fourth-order valence-corrected chi connectivity index (χ4v) is 3.11. The van der Waals surface area contributed by atoms with E-state index in [-0.39, 0.29) is 6.03 Å². The number of urea groups is 1. The smallest absolute Gasteiger partial charge is 0.317 e. The molecule has 1 aromatic rings. The number of carboxylic acid groups (broad SMARTS) is 1. The van der Waals surface area contributed by atoms with Crippen molar-refractivity contribution < 1.29 is 14.7 Å². The van der Waals surface area contributed by atoms with Gasteiger partial charge in [0.2, 0.25) is 0 Å². The summed E-state index contributed by atoms with van der Waals surface area (Å²) in [6, 6.07) is -0.157. The summed E-state index contributed by atoms with van der Waals surface area (Å²) in [5.74, 6) is -1.25. The first-order valence-corrected chi connectivity index (χ1v) is 8.14. The van der Waals surface area contributed by atoms with Gasteiger partial charge >= 0.3 is 12.0 Å². The second kappa shape index (κ2) is 7.48. The third-order valence-corrected chi connectivity index (χ3v) is 4.60. The lowest BCUT2D eigenvalue weighted by molar-refractivity contribution is -0.143. The van der Waals surface area contributed by atoms with Gasteiger partial charge in [-0.25, -0.2) is 4.79 Å². The second-order valence-corrected chi connectivity index (χ2v) is 6.23. The van der Waals surface area contributed by atoms with Crippen LogP contribution in [0.25, 0.3) is 0 Å². The quantitative estimate of drug-likeness (QED) is 0.804. The number of piperidine rings is 1. The molecule has 23 heavy (non-hydrogen) atoms. The van der Waals surface area contributed by atoms with Crippen molar-refractivity contribution in [2.45, 2.75) is 39.5 Å². The van der Waals surface area contributed by atoms with E-state index >= 15 is 0 Å². The van der Waals surface area contributed by atoms with Crippen molar-refractivity contribution in [3.05, 3.63) is 17.0 Å². The largest absolute Gasteiger partial charge is 0.481 e. The van der Waals surface area contributed by atoms with E-state index in [9.17, 15) is 9.59 Å². The van der Waals surface area contributed by atoms with E-state index in [0.717, 1.165) is 30.7 Å². The third-order valence-electron chi connectivity index (χ3n) is 4.60. The molecule has 0 radical (unpaired) electrons. The molecule has 2 heterocycles. The Morgan fingerprint density at radius 1 is 1.39 bits per heavy atom. The van der Waals surface area contributed by atoms with E-state index in [1.54, 1.807) is 4.90 Å². The highest BCUT2D eigenvalue weighted by Gasteiger charge is 2.27. The number of hydrogen-bond donors (Lipinski definition) is 2. The monoisotopic (exact) mass is 322 g/mol. The lowest BCUT2D eigenvalue weighted by Crippen LogP contribution is -2.47. The molecular formula is C16H26N4O3. The van der Waals surface area contributed by atoms with Gasteiger partial charge in [-0.1, -0.05) is 0 Å². The summed E-state index contributed by atoms with van der Waals surface area (Å²) in [6.07, 6.45) is 3.12. The number of nitrogens with zero attached hydrogens (tertiary/aromatic N) is 3. The van der Waals surface area contributed by atoms with Crippen molar-refractivity contribution in [3.8, 4) is 0 Å². The molecule has 2 N–H and O–H groups in total. The van der Waals surface area contributed by atoms with Crippen LogP contribution < -0.4 is 5.32 Å². The fraction of sp³-hybridized carbons (Fsp3) is 0.688. The summed E-state index contributed by atoms with van der Waals surface area (Å²) < 4.78 is 1.88. The highest BCUT2D eigenvalue weighted by molar-refractivity contribution is 5.76. The van der Waals surface area contributed by atoms with Gasteiger partial charge in [0, 0.05) is 32.4 Å². The van der Waals surface area contributed by atoms with Gasteiger partial charge in [0.15, 0.2) is 0 Å². The first-order valence-electron chi connectivity index (χ1n) is 8.14. The maximum Gasteiger partial charge on any atom is 0.317 e. The Balaban J connectivity index is 1.75. The molecule has 1 aromatic heterocycles. The van der Waals surface area contributed by atoms with Gasteiger partial charge in [-0.2, -0.15) is 5.10 Å². The van der Waals surface area contributed by atoms with E-state index in [2.05, 4.69) is 10.4 Å². The van der Waals surface area contributed by atoms with Crippen LogP contribution in [-0.2, 0) is 18.3 Å². The minimum atomic E-state index is -0.815. The molecule has 1 unspecified atom stereocenters. The fourth-order valence-electron chi connectivity index (χ4n) is 3.11. The molecular weight excluding hydrogens is 296 g/mol. The summed E-state index contributed by atoms with van der Waals surface area (Å²) >= 11 is 0. The van der Waals surface area contributed by atoms with Gasteiger partial charge in [-0.15, -0.1) is 0 Å². The zero-order valence-electron chi connectivity index (χ0n) is 14.1. The number of carbonyl (C=O) groups is 2. The number of rotatable bonds is 5. The Labute approximate surface area is 136 Å². The highest BCUT2D eigenvalue weighted by atomic mass is 16.4. The number of amides is 2. The van der Waals surface area contributed by atoms with Crippen LogP contribution in [0.15, 0.2) is 0 Å². The third kappa shape index (κ3) is 4.24. The number of aryl methyl sites for hydroxylation is 2. The highest BCUT2D eigenvalue weighted by Crippen LogP contribution is 2.17. The van der Waals surface area contributed by atoms with Crippen molar-refractivity contribution in [1.82, 2.24) is 20.0 Å². The Hall–Kier alpha value is -2.05. The Morgan fingerprint density at radius 2 is 2.13 bits per heavy atom. The topological polar surface area (TPSA) is 87.5 Å². The average molecular weight is 322 g/mol. The second-order valence-electron chi connectivity index (χ2n) is 6.23. The normalized spacial score (nSPS) is 18.0. The molecule has 1 fully saturated rings. The van der Waals surface area contributed by atoms with Gasteiger partial charge in [0.05, 0.1) is 11.6 Å². The Bertz CT molecular complexity index is 582. The van der Waals surface area contributed by atoms with E-state index in [1.165, 1.54) is 5.56 Å². The maximum absolute atomic E-state index is 12.1. The predicted octanol–water partition coefficient (Wildman–Crippen LogP) is 1.48. The summed E-state index contributed by atoms with van der Waals surface area (Å²) in [5, 5.41) is 16.3. The zero-order chi connectivity index (χ0) is 17.0. The Morgan fingerprint density at radius 3 is 2.74 bits per heavy atom. The Kier molecular flexibility index (Phi) is 5.63. The minimum Gasteiger partial charge on any atom is -0.481 e. The maximum atomic E-state index is 12.1. The van der Waals surface area contributed by atoms with E-state index in [4.69, 9.17) is 5.11 Å². The molecule has 1 saturated heterocycles. The molecule has 1 atom stereocenters. The van der Waals surface area contributed by atoms with Gasteiger partial charge in [0.25, 0.3) is 0 Å². The van der Waals surface area contributed by atoms with Crippen LogP contribution in [0.2, 0.25) is 0 Å². The molecule has 1 aliphatic heterocycles. The van der Waals surface area contributed by atoms with Gasteiger partial charge in [0.1, 0.15) is 0 Å². The number of hydrogen-bond acceptors (Lipinski definition) is 3. The summed E-state index contributed by atoms with van der Waals surface area (Å²) in [7, 11) is 1.93. The predicted molar refractivity (Wildman–Crippen MR) is 86.3 cm³/mol. The molecule has 7 nitrogen and oxygen atoms in total. The molecule has 2 rings (SSSR count). The molecule has 0 spiro atoms. The number of nitrogens with one attached hydrogen (secondary N) is 1. The van der Waals surface area contributed by atoms with Gasteiger partial charge < -0.3 is 15.3 Å². The van der Waals surface area contributed by atoms with Crippen LogP contribution in [0.5, 0.6) is 0 Å². The lowest BCUT2D eigenvalue weighted by atomic mass is 9.99. The summed E-state index contributed by atoms with van der Waals surface area (Å²) in [5.41, 5.74) is 3.44. The molecule has 0 aliphatic carbocycles. The molecule has 0 aromatic carbocycles. The number of likely N-dealkylation sites (tertiary alicyclic amines) is 1. The molecule has 1 aliphatic rings. The molecule has 0 bridgehead atoms. The van der Waals surface area contributed by atoms with Crippen LogP contribution in [0.4, 0.5) is 4.79 Å². The van der Waals surface area contributed by atoms with Crippen molar-refractivity contribution in [2.24, 2.45) is 13.0 Å². The van der Waals surface area contributed by atoms with E-state index in [0.29, 0.717) is 26.1 Å². The first kappa shape index (κ1) is 17.3. The van der Waals surface area contributed by atoms with Crippen molar-refractivity contribution >= 4 is 12.0 Å². The van der Waals surface area contributed by atoms with Crippen LogP contribution in [0.1, 0.15) is 36.2 Å². The SMILES string of the molecule is Cc1nn(C)c(C)c1CCCNC(=O)N1CCCC(C(=O)O)C1. The summed E-state index contributed by atoms with van der Waals surface area (Å²) in [4.78, 5) is 24.8. The average Bonchev–Trinajstić information content (AvgIpc) is 2.77. The molecule has 7 heteroatoms. The number of aliphatic carboxylic acids is 1. The zero-order valence-corrected chi connectivity index (χ0v) is 14.1. The molecule has 128 valence electrons. The number of aromatic nitrogens is 2.